The number of hydrogen-bond donors (Lipinski definition) is 1. The molecule has 5 nitrogen and oxygen atoms in total. The van der Waals surface area contributed by atoms with Crippen molar-refractivity contribution in [1.82, 2.24) is 10.2 Å². The van der Waals surface area contributed by atoms with E-state index in [9.17, 15) is 8.78 Å². The lowest BCUT2D eigenvalue weighted by Gasteiger charge is -2.24. The maximum absolute atomic E-state index is 13.5. The minimum Gasteiger partial charge on any atom is -0.497 e. The number of hydrogen-bond acceptors (Lipinski definition) is 3. The maximum atomic E-state index is 13.5. The molecular formula is C22H29F2IN4O. The molecule has 164 valence electrons. The fourth-order valence-corrected chi connectivity index (χ4v) is 3.62. The second-order valence-corrected chi connectivity index (χ2v) is 7.33. The van der Waals surface area contributed by atoms with Gasteiger partial charge in [0.15, 0.2) is 17.6 Å². The molecular weight excluding hydrogens is 501 g/mol. The highest BCUT2D eigenvalue weighted by atomic mass is 127. The predicted octanol–water partition coefficient (Wildman–Crippen LogP) is 4.13. The van der Waals surface area contributed by atoms with Crippen molar-refractivity contribution in [3.05, 3.63) is 59.7 Å². The zero-order chi connectivity index (χ0) is 20.8. The van der Waals surface area contributed by atoms with E-state index in [1.165, 1.54) is 17.7 Å². The number of nitrogens with one attached hydrogen (secondary N) is 1. The zero-order valence-electron chi connectivity index (χ0n) is 17.6. The molecule has 1 atom stereocenters. The second kappa shape index (κ2) is 11.3. The first kappa shape index (κ1) is 24.2. The monoisotopic (exact) mass is 530 g/mol. The molecule has 0 saturated carbocycles. The van der Waals surface area contributed by atoms with E-state index in [0.29, 0.717) is 5.92 Å². The standard InChI is InChI=1S/C22H28F2N4O.HI/c1-25-22(27(2)14-16-4-7-19(29-3)8-5-16)26-13-17-10-11-28(15-17)18-6-9-20(23)21(24)12-18;/h4-9,12,17H,10-11,13-15H2,1-3H3,(H,25,26);1H. The van der Waals surface area contributed by atoms with Gasteiger partial charge in [0.1, 0.15) is 5.75 Å². The molecule has 1 N–H and O–H groups in total. The molecule has 2 aromatic rings. The van der Waals surface area contributed by atoms with Crippen LogP contribution >= 0.6 is 24.0 Å². The van der Waals surface area contributed by atoms with Crippen LogP contribution in [0.15, 0.2) is 47.5 Å². The molecule has 1 unspecified atom stereocenters. The molecule has 3 rings (SSSR count). The number of anilines is 1. The third-order valence-electron chi connectivity index (χ3n) is 5.26. The summed E-state index contributed by atoms with van der Waals surface area (Å²) in [5.41, 5.74) is 1.90. The van der Waals surface area contributed by atoms with E-state index in [-0.39, 0.29) is 24.0 Å². The van der Waals surface area contributed by atoms with Crippen molar-refractivity contribution in [2.75, 3.05) is 45.7 Å². The number of nitrogens with zero attached hydrogens (tertiary/aromatic N) is 3. The summed E-state index contributed by atoms with van der Waals surface area (Å²) in [6, 6.07) is 12.1. The molecule has 1 heterocycles. The average Bonchev–Trinajstić information content (AvgIpc) is 3.20. The van der Waals surface area contributed by atoms with Crippen molar-refractivity contribution in [3.63, 3.8) is 0 Å². The Morgan fingerprint density at radius 2 is 1.93 bits per heavy atom. The Kier molecular flexibility index (Phi) is 9.13. The van der Waals surface area contributed by atoms with Gasteiger partial charge in [-0.05, 0) is 42.2 Å². The molecule has 2 aromatic carbocycles. The Balaban J connectivity index is 0.00000320. The number of guanidine groups is 1. The number of rotatable bonds is 6. The summed E-state index contributed by atoms with van der Waals surface area (Å²) < 4.78 is 31.8. The molecule has 0 spiro atoms. The van der Waals surface area contributed by atoms with Gasteiger partial charge in [-0.1, -0.05) is 12.1 Å². The third kappa shape index (κ3) is 6.20. The van der Waals surface area contributed by atoms with Crippen molar-refractivity contribution in [3.8, 4) is 5.75 Å². The Hall–Kier alpha value is -2.10. The van der Waals surface area contributed by atoms with E-state index in [1.807, 2.05) is 31.3 Å². The highest BCUT2D eigenvalue weighted by Crippen LogP contribution is 2.25. The Bertz CT molecular complexity index is 848. The molecule has 0 aromatic heterocycles. The Labute approximate surface area is 194 Å². The summed E-state index contributed by atoms with van der Waals surface area (Å²) in [6.45, 7) is 3.14. The summed E-state index contributed by atoms with van der Waals surface area (Å²) in [5.74, 6) is 0.464. The molecule has 8 heteroatoms. The second-order valence-electron chi connectivity index (χ2n) is 7.33. The highest BCUT2D eigenvalue weighted by molar-refractivity contribution is 14.0. The lowest BCUT2D eigenvalue weighted by atomic mass is 10.1. The van der Waals surface area contributed by atoms with Crippen molar-refractivity contribution < 1.29 is 13.5 Å². The van der Waals surface area contributed by atoms with Gasteiger partial charge in [-0.2, -0.15) is 0 Å². The molecule has 1 saturated heterocycles. The number of ether oxygens (including phenoxy) is 1. The summed E-state index contributed by atoms with van der Waals surface area (Å²) in [6.07, 6.45) is 0.991. The van der Waals surface area contributed by atoms with Crippen LogP contribution in [0.4, 0.5) is 14.5 Å². The van der Waals surface area contributed by atoms with Crippen LogP contribution in [-0.4, -0.2) is 51.7 Å². The zero-order valence-corrected chi connectivity index (χ0v) is 19.9. The quantitative estimate of drug-likeness (QED) is 0.347. The average molecular weight is 530 g/mol. The largest absolute Gasteiger partial charge is 0.497 e. The molecule has 0 radical (unpaired) electrons. The first-order valence-corrected chi connectivity index (χ1v) is 9.75. The third-order valence-corrected chi connectivity index (χ3v) is 5.26. The minimum atomic E-state index is -0.810. The van der Waals surface area contributed by atoms with E-state index in [1.54, 1.807) is 20.2 Å². The van der Waals surface area contributed by atoms with Crippen LogP contribution in [0.3, 0.4) is 0 Å². The van der Waals surface area contributed by atoms with Crippen molar-refractivity contribution >= 4 is 35.6 Å². The summed E-state index contributed by atoms with van der Waals surface area (Å²) in [7, 11) is 5.43. The number of aliphatic imine (C=N–C) groups is 1. The number of benzene rings is 2. The van der Waals surface area contributed by atoms with Gasteiger partial charge in [0.05, 0.1) is 7.11 Å². The Morgan fingerprint density at radius 1 is 1.20 bits per heavy atom. The normalized spacial score (nSPS) is 16.2. The van der Waals surface area contributed by atoms with Gasteiger partial charge < -0.3 is 19.9 Å². The van der Waals surface area contributed by atoms with E-state index >= 15 is 0 Å². The summed E-state index contributed by atoms with van der Waals surface area (Å²) in [5, 5.41) is 3.44. The van der Waals surface area contributed by atoms with Crippen LogP contribution < -0.4 is 15.0 Å². The molecule has 1 aliphatic rings. The molecule has 1 fully saturated rings. The fourth-order valence-electron chi connectivity index (χ4n) is 3.62. The van der Waals surface area contributed by atoms with Gasteiger partial charge >= 0.3 is 0 Å². The number of halogens is 3. The van der Waals surface area contributed by atoms with Crippen molar-refractivity contribution in [1.29, 1.82) is 0 Å². The van der Waals surface area contributed by atoms with Gasteiger partial charge in [0.2, 0.25) is 0 Å². The van der Waals surface area contributed by atoms with Gasteiger partial charge in [0, 0.05) is 52.0 Å². The van der Waals surface area contributed by atoms with Crippen LogP contribution in [0, 0.1) is 17.6 Å². The van der Waals surface area contributed by atoms with Gasteiger partial charge in [0.25, 0.3) is 0 Å². The topological polar surface area (TPSA) is 40.1 Å². The Morgan fingerprint density at radius 3 is 2.57 bits per heavy atom. The van der Waals surface area contributed by atoms with Gasteiger partial charge in [-0.25, -0.2) is 8.78 Å². The lowest BCUT2D eigenvalue weighted by molar-refractivity contribution is 0.414. The SMILES string of the molecule is CN=C(NCC1CCN(c2ccc(F)c(F)c2)C1)N(C)Cc1ccc(OC)cc1.I. The van der Waals surface area contributed by atoms with Crippen LogP contribution in [0.1, 0.15) is 12.0 Å². The van der Waals surface area contributed by atoms with Crippen LogP contribution in [0.25, 0.3) is 0 Å². The maximum Gasteiger partial charge on any atom is 0.193 e. The molecule has 1 aliphatic heterocycles. The van der Waals surface area contributed by atoms with Crippen LogP contribution in [0.2, 0.25) is 0 Å². The van der Waals surface area contributed by atoms with Crippen LogP contribution in [-0.2, 0) is 6.54 Å². The van der Waals surface area contributed by atoms with E-state index < -0.39 is 11.6 Å². The first-order valence-electron chi connectivity index (χ1n) is 9.75. The van der Waals surface area contributed by atoms with E-state index in [4.69, 9.17) is 4.74 Å². The minimum absolute atomic E-state index is 0. The van der Waals surface area contributed by atoms with Crippen LogP contribution in [0.5, 0.6) is 5.75 Å². The summed E-state index contributed by atoms with van der Waals surface area (Å²) >= 11 is 0. The summed E-state index contributed by atoms with van der Waals surface area (Å²) in [4.78, 5) is 8.55. The molecule has 0 bridgehead atoms. The smallest absolute Gasteiger partial charge is 0.193 e. The van der Waals surface area contributed by atoms with E-state index in [0.717, 1.165) is 50.0 Å². The number of methoxy groups -OCH3 is 1. The van der Waals surface area contributed by atoms with Crippen molar-refractivity contribution in [2.24, 2.45) is 10.9 Å². The highest BCUT2D eigenvalue weighted by Gasteiger charge is 2.24. The first-order chi connectivity index (χ1) is 14.0. The molecule has 30 heavy (non-hydrogen) atoms. The predicted molar refractivity (Wildman–Crippen MR) is 128 cm³/mol. The lowest BCUT2D eigenvalue weighted by Crippen LogP contribution is -2.41. The van der Waals surface area contributed by atoms with Crippen molar-refractivity contribution in [2.45, 2.75) is 13.0 Å². The van der Waals surface area contributed by atoms with E-state index in [2.05, 4.69) is 20.1 Å². The van der Waals surface area contributed by atoms with Gasteiger partial charge in [-0.3, -0.25) is 4.99 Å². The molecule has 0 aliphatic carbocycles. The van der Waals surface area contributed by atoms with Gasteiger partial charge in [-0.15, -0.1) is 24.0 Å². The fraction of sp³-hybridized carbons (Fsp3) is 0.409. The molecule has 0 amide bonds.